The molecule has 9 heteroatoms. The molecule has 0 aliphatic heterocycles. The van der Waals surface area contributed by atoms with Crippen LogP contribution in [-0.4, -0.2) is 20.9 Å². The Morgan fingerprint density at radius 2 is 1.83 bits per heavy atom. The standard InChI is InChI=1S/C15H16F3IN2O2S/c1-11(2)12-3-5-14(6-4-12)24(22,23)21-10-20-9-13(7-8-19)15(16,17)18/h3-11H,1-2H3,(H,20,21)/b8-7+,13-9+. The Bertz CT molecular complexity index is 737. The van der Waals surface area contributed by atoms with Crippen molar-refractivity contribution in [3.63, 3.8) is 0 Å². The Morgan fingerprint density at radius 1 is 1.25 bits per heavy atom. The zero-order valence-corrected chi connectivity index (χ0v) is 15.9. The van der Waals surface area contributed by atoms with Crippen LogP contribution in [0.1, 0.15) is 25.3 Å². The van der Waals surface area contributed by atoms with Gasteiger partial charge >= 0.3 is 6.18 Å². The van der Waals surface area contributed by atoms with Gasteiger partial charge in [0.05, 0.1) is 10.5 Å². The first-order chi connectivity index (χ1) is 11.1. The molecule has 0 unspecified atom stereocenters. The molecule has 4 nitrogen and oxygen atoms in total. The molecule has 0 radical (unpaired) electrons. The number of alkyl halides is 3. The molecule has 1 aromatic rings. The number of hydrogen-bond donors (Lipinski definition) is 1. The predicted octanol–water partition coefficient (Wildman–Crippen LogP) is 4.51. The van der Waals surface area contributed by atoms with Gasteiger partial charge in [-0.2, -0.15) is 21.6 Å². The second kappa shape index (κ2) is 8.65. The van der Waals surface area contributed by atoms with Crippen LogP contribution in [-0.2, 0) is 10.0 Å². The van der Waals surface area contributed by atoms with Crippen molar-refractivity contribution in [3.05, 3.63) is 51.8 Å². The number of benzene rings is 1. The lowest BCUT2D eigenvalue weighted by Gasteiger charge is -2.07. The molecule has 0 saturated carbocycles. The average Bonchev–Trinajstić information content (AvgIpc) is 2.49. The molecule has 1 aromatic carbocycles. The topological polar surface area (TPSA) is 58.5 Å². The van der Waals surface area contributed by atoms with Crippen molar-refractivity contribution in [2.75, 3.05) is 0 Å². The maximum atomic E-state index is 12.6. The van der Waals surface area contributed by atoms with Gasteiger partial charge in [0.25, 0.3) is 10.0 Å². The number of rotatable bonds is 6. The van der Waals surface area contributed by atoms with E-state index in [1.165, 1.54) is 16.2 Å². The summed E-state index contributed by atoms with van der Waals surface area (Å²) in [6.45, 7) is 3.95. The molecule has 0 fully saturated rings. The van der Waals surface area contributed by atoms with E-state index in [0.717, 1.165) is 11.6 Å². The number of hydrogen-bond acceptors (Lipinski definition) is 2. The van der Waals surface area contributed by atoms with E-state index in [0.29, 0.717) is 12.5 Å². The van der Waals surface area contributed by atoms with E-state index in [4.69, 9.17) is 0 Å². The van der Waals surface area contributed by atoms with Crippen molar-refractivity contribution in [2.24, 2.45) is 4.40 Å². The van der Waals surface area contributed by atoms with E-state index < -0.39 is 21.8 Å². The molecular formula is C15H16F3IN2O2S. The summed E-state index contributed by atoms with van der Waals surface area (Å²) >= 11 is 1.65. The smallest absolute Gasteiger partial charge is 0.351 e. The summed E-state index contributed by atoms with van der Waals surface area (Å²) in [4.78, 5) is -0.0304. The van der Waals surface area contributed by atoms with Gasteiger partial charge in [0.15, 0.2) is 0 Å². The average molecular weight is 472 g/mol. The third-order valence-electron chi connectivity index (χ3n) is 2.92. The molecule has 0 aliphatic carbocycles. The quantitative estimate of drug-likeness (QED) is 0.287. The summed E-state index contributed by atoms with van der Waals surface area (Å²) in [5.74, 6) is 0.254. The fourth-order valence-corrected chi connectivity index (χ4v) is 2.79. The molecule has 0 atom stereocenters. The summed E-state index contributed by atoms with van der Waals surface area (Å²) in [6.07, 6.45) is -2.36. The molecule has 0 saturated heterocycles. The molecule has 0 heterocycles. The van der Waals surface area contributed by atoms with Gasteiger partial charge in [-0.15, -0.1) is 4.40 Å². The van der Waals surface area contributed by atoms with Gasteiger partial charge in [-0.1, -0.05) is 48.6 Å². The van der Waals surface area contributed by atoms with E-state index in [2.05, 4.69) is 9.71 Å². The monoisotopic (exact) mass is 472 g/mol. The normalized spacial score (nSPS) is 14.0. The first kappa shape index (κ1) is 20.7. The van der Waals surface area contributed by atoms with Crippen LogP contribution < -0.4 is 5.32 Å². The largest absolute Gasteiger partial charge is 0.417 e. The Balaban J connectivity index is 2.88. The lowest BCUT2D eigenvalue weighted by atomic mass is 10.0. The molecular weight excluding hydrogens is 456 g/mol. The Labute approximate surface area is 152 Å². The van der Waals surface area contributed by atoms with Gasteiger partial charge in [-0.25, -0.2) is 0 Å². The van der Waals surface area contributed by atoms with Gasteiger partial charge in [-0.05, 0) is 33.8 Å². The molecule has 0 amide bonds. The fourth-order valence-electron chi connectivity index (χ4n) is 1.60. The number of nitrogens with one attached hydrogen (secondary N) is 1. The van der Waals surface area contributed by atoms with Crippen LogP contribution >= 0.6 is 22.6 Å². The zero-order valence-electron chi connectivity index (χ0n) is 12.9. The minimum Gasteiger partial charge on any atom is -0.351 e. The molecule has 0 aromatic heterocycles. The van der Waals surface area contributed by atoms with Crippen molar-refractivity contribution in [1.29, 1.82) is 0 Å². The van der Waals surface area contributed by atoms with Crippen molar-refractivity contribution in [3.8, 4) is 0 Å². The van der Waals surface area contributed by atoms with E-state index in [-0.39, 0.29) is 10.8 Å². The van der Waals surface area contributed by atoms with Crippen molar-refractivity contribution < 1.29 is 21.6 Å². The van der Waals surface area contributed by atoms with E-state index in [1.54, 1.807) is 34.7 Å². The molecule has 0 bridgehead atoms. The third-order valence-corrected chi connectivity index (χ3v) is 4.53. The molecule has 132 valence electrons. The first-order valence-corrected chi connectivity index (χ1v) is 9.45. The third kappa shape index (κ3) is 6.27. The fraction of sp³-hybridized carbons (Fsp3) is 0.267. The molecule has 0 spiro atoms. The number of allylic oxidation sites excluding steroid dienone is 2. The summed E-state index contributed by atoms with van der Waals surface area (Å²) in [5.41, 5.74) is 0.0152. The first-order valence-electron chi connectivity index (χ1n) is 6.77. The second-order valence-corrected chi connectivity index (χ2v) is 7.34. The van der Waals surface area contributed by atoms with Gasteiger partial charge in [0.1, 0.15) is 6.34 Å². The molecule has 1 N–H and O–H groups in total. The van der Waals surface area contributed by atoms with Crippen molar-refractivity contribution in [1.82, 2.24) is 5.32 Å². The maximum absolute atomic E-state index is 12.6. The minimum atomic E-state index is -4.55. The number of halogens is 4. The molecule has 0 aliphatic rings. The van der Waals surface area contributed by atoms with E-state index >= 15 is 0 Å². The lowest BCUT2D eigenvalue weighted by molar-refractivity contribution is -0.0884. The van der Waals surface area contributed by atoms with Crippen LogP contribution in [0.5, 0.6) is 0 Å². The van der Waals surface area contributed by atoms with Gasteiger partial charge < -0.3 is 5.32 Å². The van der Waals surface area contributed by atoms with Gasteiger partial charge in [0.2, 0.25) is 0 Å². The van der Waals surface area contributed by atoms with E-state index in [1.807, 2.05) is 13.8 Å². The Morgan fingerprint density at radius 3 is 2.29 bits per heavy atom. The Hall–Kier alpha value is -1.36. The van der Waals surface area contributed by atoms with Crippen LogP contribution in [0.15, 0.2) is 55.5 Å². The highest BCUT2D eigenvalue weighted by molar-refractivity contribution is 14.1. The summed E-state index contributed by atoms with van der Waals surface area (Å²) in [7, 11) is -3.97. The van der Waals surface area contributed by atoms with Crippen LogP contribution in [0, 0.1) is 0 Å². The van der Waals surface area contributed by atoms with Crippen LogP contribution in [0.4, 0.5) is 13.2 Å². The SMILES string of the molecule is CC(C)c1ccc(S(=O)(=O)N=CN/C=C(\C=C\I)C(F)(F)F)cc1. The van der Waals surface area contributed by atoms with Gasteiger partial charge in [0, 0.05) is 6.20 Å². The highest BCUT2D eigenvalue weighted by Gasteiger charge is 2.31. The summed E-state index contributed by atoms with van der Waals surface area (Å²) < 4.78 is 66.3. The van der Waals surface area contributed by atoms with Crippen molar-refractivity contribution in [2.45, 2.75) is 30.8 Å². The zero-order chi connectivity index (χ0) is 18.4. The van der Waals surface area contributed by atoms with Gasteiger partial charge in [-0.3, -0.25) is 0 Å². The van der Waals surface area contributed by atoms with Crippen LogP contribution in [0.2, 0.25) is 0 Å². The van der Waals surface area contributed by atoms with E-state index in [9.17, 15) is 21.6 Å². The highest BCUT2D eigenvalue weighted by Crippen LogP contribution is 2.26. The highest BCUT2D eigenvalue weighted by atomic mass is 127. The number of nitrogens with zero attached hydrogens (tertiary/aromatic N) is 1. The number of sulfonamides is 1. The Kier molecular flexibility index (Phi) is 7.46. The predicted molar refractivity (Wildman–Crippen MR) is 96.6 cm³/mol. The van der Waals surface area contributed by atoms with Crippen LogP contribution in [0.3, 0.4) is 0 Å². The van der Waals surface area contributed by atoms with Crippen molar-refractivity contribution >= 4 is 39.0 Å². The summed E-state index contributed by atoms with van der Waals surface area (Å²) in [6, 6.07) is 6.18. The second-order valence-electron chi connectivity index (χ2n) is 4.99. The maximum Gasteiger partial charge on any atom is 0.417 e. The molecule has 1 rings (SSSR count). The van der Waals surface area contributed by atoms with Crippen LogP contribution in [0.25, 0.3) is 0 Å². The summed E-state index contributed by atoms with van der Waals surface area (Å²) in [5, 5.41) is 2.12. The lowest BCUT2D eigenvalue weighted by Crippen LogP contribution is -2.14. The minimum absolute atomic E-state index is 0.0304. The molecule has 24 heavy (non-hydrogen) atoms.